The number of hydrogen-bond acceptors (Lipinski definition) is 4. The van der Waals surface area contributed by atoms with Crippen molar-refractivity contribution in [1.82, 2.24) is 4.98 Å². The molecule has 3 N–H and O–H groups in total. The van der Waals surface area contributed by atoms with Crippen molar-refractivity contribution in [2.24, 2.45) is 0 Å². The largest absolute Gasteiger partial charge is 0.507 e. The third kappa shape index (κ3) is 2.25. The zero-order chi connectivity index (χ0) is 15.0. The Labute approximate surface area is 121 Å². The second kappa shape index (κ2) is 5.03. The number of H-pyrrole nitrogens is 1. The summed E-state index contributed by atoms with van der Waals surface area (Å²) in [5.74, 6) is 0. The van der Waals surface area contributed by atoms with Crippen LogP contribution in [0.25, 0.3) is 10.9 Å². The summed E-state index contributed by atoms with van der Waals surface area (Å²) in [6, 6.07) is 14.7. The Morgan fingerprint density at radius 1 is 0.905 bits per heavy atom. The number of aromatic nitrogens is 1. The maximum absolute atomic E-state index is 12.8. The summed E-state index contributed by atoms with van der Waals surface area (Å²) in [7, 11) is -5.75. The van der Waals surface area contributed by atoms with E-state index >= 15 is 0 Å². The minimum Gasteiger partial charge on any atom is -0.422 e. The van der Waals surface area contributed by atoms with Gasteiger partial charge in [0.15, 0.2) is 0 Å². The zero-order valence-corrected chi connectivity index (χ0v) is 11.7. The monoisotopic (exact) mass is 301 g/mol. The molecule has 0 aliphatic rings. The summed E-state index contributed by atoms with van der Waals surface area (Å²) in [5.41, 5.74) is 0.412. The predicted molar refractivity (Wildman–Crippen MR) is 80.0 cm³/mol. The third-order valence-corrected chi connectivity index (χ3v) is 5.14. The second-order valence-corrected chi connectivity index (χ2v) is 6.49. The first-order valence-electron chi connectivity index (χ1n) is 6.28. The number of nitrogens with one attached hydrogen (secondary N) is 1. The van der Waals surface area contributed by atoms with Crippen molar-refractivity contribution in [3.63, 3.8) is 0 Å². The molecule has 0 amide bonds. The zero-order valence-electron chi connectivity index (χ0n) is 10.9. The molecule has 3 rings (SSSR count). The lowest BCUT2D eigenvalue weighted by Crippen LogP contribution is -2.34. The van der Waals surface area contributed by atoms with Gasteiger partial charge in [0.1, 0.15) is 0 Å². The Kier molecular flexibility index (Phi) is 3.33. The first-order chi connectivity index (χ1) is 10.0. The van der Waals surface area contributed by atoms with Gasteiger partial charge in [-0.2, -0.15) is 0 Å². The fourth-order valence-corrected chi connectivity index (χ4v) is 3.99. The van der Waals surface area contributed by atoms with Crippen LogP contribution in [0.15, 0.2) is 64.4 Å². The Hall–Kier alpha value is -2.09. The molecule has 3 aromatic rings. The van der Waals surface area contributed by atoms with Crippen LogP contribution in [-0.2, 0) is 9.84 Å². The van der Waals surface area contributed by atoms with E-state index in [-0.39, 0.29) is 15.4 Å². The summed E-state index contributed by atoms with van der Waals surface area (Å²) < 4.78 is 25.6. The predicted octanol–water partition coefficient (Wildman–Crippen LogP) is 0.681. The minimum absolute atomic E-state index is 0.0979. The van der Waals surface area contributed by atoms with E-state index in [2.05, 4.69) is 4.98 Å². The first-order valence-corrected chi connectivity index (χ1v) is 7.77. The standard InChI is InChI=1S/C14H12BNO4S/c17-15(18)14-13(11-8-4-5-9-12(11)16-14)21(19,20)10-6-2-1-3-7-10/h1-9,16-18H. The number of rotatable bonds is 3. The van der Waals surface area contributed by atoms with Gasteiger partial charge in [0, 0.05) is 10.9 Å². The van der Waals surface area contributed by atoms with Gasteiger partial charge in [-0.3, -0.25) is 0 Å². The average Bonchev–Trinajstić information content (AvgIpc) is 2.88. The molecule has 0 atom stereocenters. The van der Waals surface area contributed by atoms with Crippen LogP contribution >= 0.6 is 0 Å². The van der Waals surface area contributed by atoms with Crippen LogP contribution in [0.2, 0.25) is 0 Å². The van der Waals surface area contributed by atoms with Gasteiger partial charge in [-0.05, 0) is 18.2 Å². The molecule has 1 heterocycles. The molecule has 0 saturated carbocycles. The van der Waals surface area contributed by atoms with E-state index < -0.39 is 17.0 Å². The molecule has 0 bridgehead atoms. The molecule has 106 valence electrons. The van der Waals surface area contributed by atoms with Gasteiger partial charge in [0.05, 0.1) is 15.4 Å². The lowest BCUT2D eigenvalue weighted by Gasteiger charge is -2.06. The number of para-hydroxylation sites is 1. The fraction of sp³-hybridized carbons (Fsp3) is 0. The molecular weight excluding hydrogens is 289 g/mol. The van der Waals surface area contributed by atoms with Crippen molar-refractivity contribution in [1.29, 1.82) is 0 Å². The van der Waals surface area contributed by atoms with E-state index in [4.69, 9.17) is 0 Å². The number of hydrogen-bond donors (Lipinski definition) is 3. The topological polar surface area (TPSA) is 90.4 Å². The van der Waals surface area contributed by atoms with Crippen LogP contribution in [-0.4, -0.2) is 30.6 Å². The Balaban J connectivity index is 2.36. The van der Waals surface area contributed by atoms with Gasteiger partial charge >= 0.3 is 7.12 Å². The molecule has 2 aromatic carbocycles. The molecule has 1 aromatic heterocycles. The van der Waals surface area contributed by atoms with Gasteiger partial charge in [-0.15, -0.1) is 0 Å². The lowest BCUT2D eigenvalue weighted by atomic mass is 9.86. The molecular formula is C14H12BNO4S. The number of fused-ring (bicyclic) bond motifs is 1. The summed E-state index contributed by atoms with van der Waals surface area (Å²) >= 11 is 0. The summed E-state index contributed by atoms with van der Waals surface area (Å²) in [5, 5.41) is 19.4. The first kappa shape index (κ1) is 13.9. The molecule has 0 saturated heterocycles. The molecule has 7 heteroatoms. The van der Waals surface area contributed by atoms with E-state index in [1.54, 1.807) is 42.5 Å². The average molecular weight is 301 g/mol. The van der Waals surface area contributed by atoms with Crippen LogP contribution in [0.4, 0.5) is 0 Å². The third-order valence-electron chi connectivity index (χ3n) is 3.27. The lowest BCUT2D eigenvalue weighted by molar-refractivity contribution is 0.423. The highest BCUT2D eigenvalue weighted by atomic mass is 32.2. The van der Waals surface area contributed by atoms with Crippen LogP contribution in [0, 0.1) is 0 Å². The molecule has 0 unspecified atom stereocenters. The van der Waals surface area contributed by atoms with Crippen LogP contribution < -0.4 is 5.59 Å². The SMILES string of the molecule is O=S(=O)(c1ccccc1)c1c(B(O)O)[nH]c2ccccc12. The van der Waals surface area contributed by atoms with Crippen molar-refractivity contribution in [2.45, 2.75) is 9.79 Å². The maximum atomic E-state index is 12.8. The van der Waals surface area contributed by atoms with Crippen molar-refractivity contribution < 1.29 is 18.5 Å². The quantitative estimate of drug-likeness (QED) is 0.621. The number of sulfone groups is 1. The van der Waals surface area contributed by atoms with E-state index in [1.165, 1.54) is 12.1 Å². The van der Waals surface area contributed by atoms with E-state index in [1.807, 2.05) is 0 Å². The highest BCUT2D eigenvalue weighted by molar-refractivity contribution is 7.92. The molecule has 0 fully saturated rings. The van der Waals surface area contributed by atoms with Crippen molar-refractivity contribution in [3.05, 3.63) is 54.6 Å². The maximum Gasteiger partial charge on any atom is 0.507 e. The molecule has 5 nitrogen and oxygen atoms in total. The second-order valence-electron chi connectivity index (χ2n) is 4.60. The molecule has 0 aliphatic carbocycles. The molecule has 21 heavy (non-hydrogen) atoms. The van der Waals surface area contributed by atoms with Crippen molar-refractivity contribution >= 4 is 33.5 Å². The minimum atomic E-state index is -3.85. The van der Waals surface area contributed by atoms with Crippen molar-refractivity contribution in [3.8, 4) is 0 Å². The number of aromatic amines is 1. The normalized spacial score (nSPS) is 11.7. The smallest absolute Gasteiger partial charge is 0.422 e. The van der Waals surface area contributed by atoms with Gasteiger partial charge < -0.3 is 15.0 Å². The van der Waals surface area contributed by atoms with Crippen LogP contribution in [0.1, 0.15) is 0 Å². The van der Waals surface area contributed by atoms with Crippen LogP contribution in [0.5, 0.6) is 0 Å². The van der Waals surface area contributed by atoms with E-state index in [0.29, 0.717) is 10.9 Å². The molecule has 0 radical (unpaired) electrons. The summed E-state index contributed by atoms with van der Waals surface area (Å²) in [6.07, 6.45) is 0. The summed E-state index contributed by atoms with van der Waals surface area (Å²) in [6.45, 7) is 0. The summed E-state index contributed by atoms with van der Waals surface area (Å²) in [4.78, 5) is 2.77. The number of benzene rings is 2. The van der Waals surface area contributed by atoms with Crippen LogP contribution in [0.3, 0.4) is 0 Å². The van der Waals surface area contributed by atoms with E-state index in [9.17, 15) is 18.5 Å². The molecule has 0 aliphatic heterocycles. The van der Waals surface area contributed by atoms with Gasteiger partial charge in [0.2, 0.25) is 9.84 Å². The Bertz CT molecular complexity index is 888. The van der Waals surface area contributed by atoms with Crippen molar-refractivity contribution in [2.75, 3.05) is 0 Å². The fourth-order valence-electron chi connectivity index (χ4n) is 2.33. The Morgan fingerprint density at radius 2 is 1.52 bits per heavy atom. The highest BCUT2D eigenvalue weighted by Gasteiger charge is 2.30. The Morgan fingerprint density at radius 3 is 2.19 bits per heavy atom. The van der Waals surface area contributed by atoms with Gasteiger partial charge in [-0.1, -0.05) is 36.4 Å². The van der Waals surface area contributed by atoms with E-state index in [0.717, 1.165) is 0 Å². The van der Waals surface area contributed by atoms with Gasteiger partial charge in [0.25, 0.3) is 0 Å². The highest BCUT2D eigenvalue weighted by Crippen LogP contribution is 2.26. The van der Waals surface area contributed by atoms with Gasteiger partial charge in [-0.25, -0.2) is 8.42 Å². The molecule has 0 spiro atoms.